The first-order valence-electron chi connectivity index (χ1n) is 9.78. The number of nitrogens with one attached hydrogen (secondary N) is 2. The molecule has 4 rings (SSSR count). The third kappa shape index (κ3) is 4.06. The van der Waals surface area contributed by atoms with Crippen LogP contribution >= 0.6 is 0 Å². The molecule has 0 atom stereocenters. The van der Waals surface area contributed by atoms with Gasteiger partial charge in [0.05, 0.1) is 17.8 Å². The smallest absolute Gasteiger partial charge is 0.320 e. The van der Waals surface area contributed by atoms with E-state index in [9.17, 15) is 9.59 Å². The highest BCUT2D eigenvalue weighted by Crippen LogP contribution is 2.20. The standard InChI is InChI=1S/C23H24N4O2/c1-15-7-6-10-19(16(15)2)25-23(29)27-12-11-20-18(14-27)22(28)26-21(24-20)13-17-8-4-3-5-9-17/h3-10H,11-14H2,1-2H3,(H,25,29)(H,24,26,28). The highest BCUT2D eigenvalue weighted by Gasteiger charge is 2.25. The molecule has 1 aromatic heterocycles. The Labute approximate surface area is 169 Å². The molecule has 1 aliphatic heterocycles. The number of benzene rings is 2. The zero-order valence-electron chi connectivity index (χ0n) is 16.7. The van der Waals surface area contributed by atoms with Gasteiger partial charge in [0.1, 0.15) is 5.82 Å². The highest BCUT2D eigenvalue weighted by molar-refractivity contribution is 5.90. The van der Waals surface area contributed by atoms with Gasteiger partial charge in [-0.05, 0) is 36.6 Å². The Balaban J connectivity index is 1.50. The predicted octanol–water partition coefficient (Wildman–Crippen LogP) is 3.57. The van der Waals surface area contributed by atoms with E-state index in [1.807, 2.05) is 62.4 Å². The fraction of sp³-hybridized carbons (Fsp3) is 0.261. The minimum absolute atomic E-state index is 0.162. The molecule has 6 heteroatoms. The normalized spacial score (nSPS) is 13.1. The molecule has 0 saturated heterocycles. The van der Waals surface area contributed by atoms with Crippen LogP contribution in [0.1, 0.15) is 33.8 Å². The van der Waals surface area contributed by atoms with Crippen LogP contribution < -0.4 is 10.9 Å². The molecule has 0 spiro atoms. The van der Waals surface area contributed by atoms with Crippen LogP contribution in [-0.2, 0) is 19.4 Å². The molecule has 2 amide bonds. The van der Waals surface area contributed by atoms with Crippen LogP contribution in [0.5, 0.6) is 0 Å². The average molecular weight is 388 g/mol. The number of carbonyl (C=O) groups excluding carboxylic acids is 1. The van der Waals surface area contributed by atoms with Gasteiger partial charge >= 0.3 is 6.03 Å². The third-order valence-corrected chi connectivity index (χ3v) is 5.47. The van der Waals surface area contributed by atoms with Gasteiger partial charge in [-0.2, -0.15) is 0 Å². The van der Waals surface area contributed by atoms with Gasteiger partial charge in [0.2, 0.25) is 0 Å². The third-order valence-electron chi connectivity index (χ3n) is 5.47. The molecule has 0 fully saturated rings. The number of amides is 2. The van der Waals surface area contributed by atoms with E-state index in [2.05, 4.69) is 15.3 Å². The summed E-state index contributed by atoms with van der Waals surface area (Å²) in [4.78, 5) is 34.6. The summed E-state index contributed by atoms with van der Waals surface area (Å²) in [7, 11) is 0. The molecule has 0 aliphatic carbocycles. The molecule has 2 aromatic carbocycles. The summed E-state index contributed by atoms with van der Waals surface area (Å²) >= 11 is 0. The first-order chi connectivity index (χ1) is 14.0. The van der Waals surface area contributed by atoms with Crippen LogP contribution in [0.2, 0.25) is 0 Å². The van der Waals surface area contributed by atoms with Crippen molar-refractivity contribution < 1.29 is 4.79 Å². The summed E-state index contributed by atoms with van der Waals surface area (Å²) in [5, 5.41) is 2.97. The lowest BCUT2D eigenvalue weighted by molar-refractivity contribution is 0.205. The lowest BCUT2D eigenvalue weighted by Gasteiger charge is -2.28. The van der Waals surface area contributed by atoms with Crippen molar-refractivity contribution in [3.05, 3.63) is 92.7 Å². The molecule has 6 nitrogen and oxygen atoms in total. The summed E-state index contributed by atoms with van der Waals surface area (Å²) in [5.41, 5.74) is 5.26. The fourth-order valence-electron chi connectivity index (χ4n) is 3.60. The summed E-state index contributed by atoms with van der Waals surface area (Å²) in [6, 6.07) is 15.6. The minimum Gasteiger partial charge on any atom is -0.320 e. The van der Waals surface area contributed by atoms with Crippen molar-refractivity contribution in [2.75, 3.05) is 11.9 Å². The van der Waals surface area contributed by atoms with Crippen molar-refractivity contribution in [1.82, 2.24) is 14.9 Å². The number of aromatic amines is 1. The number of hydrogen-bond donors (Lipinski definition) is 2. The van der Waals surface area contributed by atoms with E-state index < -0.39 is 0 Å². The van der Waals surface area contributed by atoms with Crippen molar-refractivity contribution >= 4 is 11.7 Å². The second-order valence-electron chi connectivity index (χ2n) is 7.45. The number of hydrogen-bond acceptors (Lipinski definition) is 3. The Kier molecular flexibility index (Phi) is 5.16. The summed E-state index contributed by atoms with van der Waals surface area (Å²) in [6.45, 7) is 4.80. The van der Waals surface area contributed by atoms with Crippen molar-refractivity contribution in [2.24, 2.45) is 0 Å². The molecule has 0 radical (unpaired) electrons. The number of anilines is 1. The van der Waals surface area contributed by atoms with E-state index in [0.717, 1.165) is 28.1 Å². The van der Waals surface area contributed by atoms with Crippen LogP contribution in [0.15, 0.2) is 53.3 Å². The second kappa shape index (κ2) is 7.91. The number of aryl methyl sites for hydroxylation is 1. The van der Waals surface area contributed by atoms with Crippen molar-refractivity contribution in [3.63, 3.8) is 0 Å². The van der Waals surface area contributed by atoms with Gasteiger partial charge in [-0.25, -0.2) is 9.78 Å². The summed E-state index contributed by atoms with van der Waals surface area (Å²) < 4.78 is 0. The monoisotopic (exact) mass is 388 g/mol. The number of carbonyl (C=O) groups is 1. The van der Waals surface area contributed by atoms with Gasteiger partial charge < -0.3 is 15.2 Å². The zero-order valence-corrected chi connectivity index (χ0v) is 16.7. The van der Waals surface area contributed by atoms with Gasteiger partial charge in [0.15, 0.2) is 0 Å². The van der Waals surface area contributed by atoms with Gasteiger partial charge in [-0.1, -0.05) is 42.5 Å². The Morgan fingerprint density at radius 3 is 2.72 bits per heavy atom. The molecule has 0 saturated carbocycles. The fourth-order valence-corrected chi connectivity index (χ4v) is 3.60. The van der Waals surface area contributed by atoms with E-state index in [1.54, 1.807) is 4.90 Å². The zero-order chi connectivity index (χ0) is 20.4. The van der Waals surface area contributed by atoms with E-state index in [-0.39, 0.29) is 18.1 Å². The number of nitrogens with zero attached hydrogens (tertiary/aromatic N) is 2. The number of H-pyrrole nitrogens is 1. The molecule has 3 aromatic rings. The maximum absolute atomic E-state index is 12.7. The van der Waals surface area contributed by atoms with Crippen LogP contribution in [-0.4, -0.2) is 27.4 Å². The molecule has 2 heterocycles. The van der Waals surface area contributed by atoms with Gasteiger partial charge in [0, 0.05) is 25.1 Å². The first-order valence-corrected chi connectivity index (χ1v) is 9.78. The van der Waals surface area contributed by atoms with Crippen LogP contribution in [0.3, 0.4) is 0 Å². The minimum atomic E-state index is -0.197. The largest absolute Gasteiger partial charge is 0.322 e. The number of fused-ring (bicyclic) bond motifs is 1. The first kappa shape index (κ1) is 18.9. The van der Waals surface area contributed by atoms with Crippen molar-refractivity contribution in [2.45, 2.75) is 33.2 Å². The molecule has 1 aliphatic rings. The molecular weight excluding hydrogens is 364 g/mol. The maximum Gasteiger partial charge on any atom is 0.322 e. The number of urea groups is 1. The Bertz CT molecular complexity index is 1110. The van der Waals surface area contributed by atoms with Gasteiger partial charge in [-0.15, -0.1) is 0 Å². The van der Waals surface area contributed by atoms with Gasteiger partial charge in [-0.3, -0.25) is 4.79 Å². The average Bonchev–Trinajstić information content (AvgIpc) is 2.72. The van der Waals surface area contributed by atoms with E-state index in [4.69, 9.17) is 0 Å². The van der Waals surface area contributed by atoms with Crippen molar-refractivity contribution in [3.8, 4) is 0 Å². The van der Waals surface area contributed by atoms with E-state index >= 15 is 0 Å². The molecule has 148 valence electrons. The molecule has 29 heavy (non-hydrogen) atoms. The van der Waals surface area contributed by atoms with Crippen molar-refractivity contribution in [1.29, 1.82) is 0 Å². The number of aromatic nitrogens is 2. The van der Waals surface area contributed by atoms with Crippen LogP contribution in [0.25, 0.3) is 0 Å². The molecule has 0 unspecified atom stereocenters. The van der Waals surface area contributed by atoms with Crippen LogP contribution in [0.4, 0.5) is 10.5 Å². The van der Waals surface area contributed by atoms with Gasteiger partial charge in [0.25, 0.3) is 5.56 Å². The maximum atomic E-state index is 12.7. The van der Waals surface area contributed by atoms with E-state index in [0.29, 0.717) is 30.8 Å². The predicted molar refractivity (Wildman–Crippen MR) is 113 cm³/mol. The van der Waals surface area contributed by atoms with E-state index in [1.165, 1.54) is 0 Å². The molecular formula is C23H24N4O2. The van der Waals surface area contributed by atoms with Crippen LogP contribution in [0, 0.1) is 13.8 Å². The summed E-state index contributed by atoms with van der Waals surface area (Å²) in [6.07, 6.45) is 1.15. The number of rotatable bonds is 3. The second-order valence-corrected chi connectivity index (χ2v) is 7.45. The Morgan fingerprint density at radius 1 is 1.14 bits per heavy atom. The lowest BCUT2D eigenvalue weighted by Crippen LogP contribution is -2.42. The highest BCUT2D eigenvalue weighted by atomic mass is 16.2. The topological polar surface area (TPSA) is 78.1 Å². The quantitative estimate of drug-likeness (QED) is 0.720. The Hall–Kier alpha value is -3.41. The molecule has 2 N–H and O–H groups in total. The molecule has 0 bridgehead atoms. The Morgan fingerprint density at radius 2 is 1.93 bits per heavy atom. The SMILES string of the molecule is Cc1cccc(NC(=O)N2CCc3nc(Cc4ccccc4)[nH]c(=O)c3C2)c1C. The summed E-state index contributed by atoms with van der Waals surface area (Å²) in [5.74, 6) is 0.660. The lowest BCUT2D eigenvalue weighted by atomic mass is 10.1.